The van der Waals surface area contributed by atoms with Crippen LogP contribution in [-0.4, -0.2) is 25.7 Å². The number of hydrogen-bond acceptors (Lipinski definition) is 3. The summed E-state index contributed by atoms with van der Waals surface area (Å²) in [5, 5.41) is 0. The lowest BCUT2D eigenvalue weighted by Crippen LogP contribution is -2.10. The van der Waals surface area contributed by atoms with E-state index in [0.717, 1.165) is 0 Å². The average molecular weight is 220 g/mol. The van der Waals surface area contributed by atoms with Crippen LogP contribution in [0.1, 0.15) is 46.0 Å². The molecule has 4 heteroatoms. The SMILES string of the molecule is CCCS(=O)(=O)CCCCC(=O)CC. The highest BCUT2D eigenvalue weighted by molar-refractivity contribution is 7.91. The van der Waals surface area contributed by atoms with Crippen molar-refractivity contribution in [1.82, 2.24) is 0 Å². The van der Waals surface area contributed by atoms with Crippen molar-refractivity contribution < 1.29 is 13.2 Å². The molecular weight excluding hydrogens is 200 g/mol. The van der Waals surface area contributed by atoms with Crippen LogP contribution in [0.5, 0.6) is 0 Å². The van der Waals surface area contributed by atoms with Crippen LogP contribution >= 0.6 is 0 Å². The Morgan fingerprint density at radius 1 is 1.07 bits per heavy atom. The maximum atomic E-state index is 11.3. The molecule has 14 heavy (non-hydrogen) atoms. The summed E-state index contributed by atoms with van der Waals surface area (Å²) in [6.07, 6.45) is 3.08. The Hall–Kier alpha value is -0.380. The summed E-state index contributed by atoms with van der Waals surface area (Å²) in [5.74, 6) is 0.727. The van der Waals surface area contributed by atoms with Crippen molar-refractivity contribution in [2.45, 2.75) is 46.0 Å². The molecule has 0 unspecified atom stereocenters. The Morgan fingerprint density at radius 3 is 2.21 bits per heavy atom. The van der Waals surface area contributed by atoms with Gasteiger partial charge in [0.05, 0.1) is 5.75 Å². The molecule has 0 rings (SSSR count). The Morgan fingerprint density at radius 2 is 1.71 bits per heavy atom. The molecule has 0 saturated heterocycles. The third kappa shape index (κ3) is 7.06. The molecule has 0 aromatic heterocycles. The predicted molar refractivity (Wildman–Crippen MR) is 58.1 cm³/mol. The van der Waals surface area contributed by atoms with E-state index in [1.165, 1.54) is 0 Å². The first-order valence-corrected chi connectivity index (χ1v) is 7.06. The van der Waals surface area contributed by atoms with E-state index in [-0.39, 0.29) is 17.3 Å². The summed E-state index contributed by atoms with van der Waals surface area (Å²) < 4.78 is 22.5. The van der Waals surface area contributed by atoms with Gasteiger partial charge in [0.25, 0.3) is 0 Å². The number of unbranched alkanes of at least 4 members (excludes halogenated alkanes) is 1. The van der Waals surface area contributed by atoms with E-state index in [4.69, 9.17) is 0 Å². The van der Waals surface area contributed by atoms with Crippen LogP contribution in [0.2, 0.25) is 0 Å². The van der Waals surface area contributed by atoms with Crippen LogP contribution in [0.3, 0.4) is 0 Å². The summed E-state index contributed by atoms with van der Waals surface area (Å²) in [7, 11) is -2.85. The molecule has 3 nitrogen and oxygen atoms in total. The maximum Gasteiger partial charge on any atom is 0.150 e. The number of Topliss-reactive ketones (excluding diaryl/α,β-unsaturated/α-hetero) is 1. The van der Waals surface area contributed by atoms with Crippen molar-refractivity contribution in [2.24, 2.45) is 0 Å². The second-order valence-corrected chi connectivity index (χ2v) is 5.80. The lowest BCUT2D eigenvalue weighted by Gasteiger charge is -2.01. The van der Waals surface area contributed by atoms with Gasteiger partial charge in [0.15, 0.2) is 0 Å². The molecule has 0 fully saturated rings. The molecular formula is C10H20O3S. The van der Waals surface area contributed by atoms with Gasteiger partial charge in [-0.1, -0.05) is 13.8 Å². The monoisotopic (exact) mass is 220 g/mol. The fraction of sp³-hybridized carbons (Fsp3) is 0.900. The molecule has 0 aliphatic carbocycles. The third-order valence-corrected chi connectivity index (χ3v) is 4.01. The van der Waals surface area contributed by atoms with Crippen molar-refractivity contribution in [1.29, 1.82) is 0 Å². The molecule has 0 amide bonds. The van der Waals surface area contributed by atoms with E-state index in [9.17, 15) is 13.2 Å². The molecule has 0 aliphatic heterocycles. The summed E-state index contributed by atoms with van der Waals surface area (Å²) in [6.45, 7) is 3.69. The van der Waals surface area contributed by atoms with Crippen molar-refractivity contribution in [2.75, 3.05) is 11.5 Å². The average Bonchev–Trinajstić information content (AvgIpc) is 2.12. The predicted octanol–water partition coefficient (Wildman–Crippen LogP) is 1.96. The number of carbonyl (C=O) groups excluding carboxylic acids is 1. The fourth-order valence-corrected chi connectivity index (χ4v) is 2.70. The molecule has 0 saturated carbocycles. The Bertz CT molecular complexity index is 255. The van der Waals surface area contributed by atoms with Crippen molar-refractivity contribution >= 4 is 15.6 Å². The first-order valence-electron chi connectivity index (χ1n) is 5.24. The second-order valence-electron chi connectivity index (χ2n) is 3.50. The zero-order valence-electron chi connectivity index (χ0n) is 9.08. The molecule has 0 spiro atoms. The highest BCUT2D eigenvalue weighted by atomic mass is 32.2. The maximum absolute atomic E-state index is 11.3. The highest BCUT2D eigenvalue weighted by Crippen LogP contribution is 2.03. The number of hydrogen-bond donors (Lipinski definition) is 0. The van der Waals surface area contributed by atoms with Crippen molar-refractivity contribution in [3.8, 4) is 0 Å². The van der Waals surface area contributed by atoms with Gasteiger partial charge in [0.2, 0.25) is 0 Å². The molecule has 0 aliphatic rings. The van der Waals surface area contributed by atoms with Crippen molar-refractivity contribution in [3.05, 3.63) is 0 Å². The third-order valence-electron chi connectivity index (χ3n) is 2.07. The lowest BCUT2D eigenvalue weighted by molar-refractivity contribution is -0.118. The molecule has 84 valence electrons. The number of ketones is 1. The van der Waals surface area contributed by atoms with Gasteiger partial charge < -0.3 is 0 Å². The summed E-state index contributed by atoms with van der Waals surface area (Å²) in [5.41, 5.74) is 0. The molecule has 0 aromatic carbocycles. The first-order chi connectivity index (χ1) is 6.52. The Balaban J connectivity index is 3.59. The van der Waals surface area contributed by atoms with Gasteiger partial charge in [-0.25, -0.2) is 8.42 Å². The van der Waals surface area contributed by atoms with Gasteiger partial charge in [0.1, 0.15) is 15.6 Å². The van der Waals surface area contributed by atoms with Crippen LogP contribution in [-0.2, 0) is 14.6 Å². The molecule has 0 N–H and O–H groups in total. The number of rotatable bonds is 8. The molecule has 0 bridgehead atoms. The minimum Gasteiger partial charge on any atom is -0.300 e. The largest absolute Gasteiger partial charge is 0.300 e. The zero-order valence-corrected chi connectivity index (χ0v) is 9.90. The number of sulfone groups is 1. The van der Waals surface area contributed by atoms with Crippen LogP contribution in [0.4, 0.5) is 0 Å². The molecule has 0 heterocycles. The standard InChI is InChI=1S/C10H20O3S/c1-3-8-14(12,13)9-6-5-7-10(11)4-2/h3-9H2,1-2H3. The topological polar surface area (TPSA) is 51.2 Å². The lowest BCUT2D eigenvalue weighted by atomic mass is 10.1. The first kappa shape index (κ1) is 13.6. The van der Waals surface area contributed by atoms with Crippen LogP contribution < -0.4 is 0 Å². The van der Waals surface area contributed by atoms with Gasteiger partial charge in [-0.3, -0.25) is 4.79 Å². The van der Waals surface area contributed by atoms with Gasteiger partial charge in [0, 0.05) is 18.6 Å². The van der Waals surface area contributed by atoms with E-state index in [2.05, 4.69) is 0 Å². The summed E-state index contributed by atoms with van der Waals surface area (Å²) >= 11 is 0. The number of carbonyl (C=O) groups is 1. The van der Waals surface area contributed by atoms with E-state index in [1.807, 2.05) is 13.8 Å². The van der Waals surface area contributed by atoms with E-state index < -0.39 is 9.84 Å². The van der Waals surface area contributed by atoms with E-state index >= 15 is 0 Å². The minimum atomic E-state index is -2.85. The molecule has 0 atom stereocenters. The Labute approximate surface area is 86.8 Å². The normalized spacial score (nSPS) is 11.6. The summed E-state index contributed by atoms with van der Waals surface area (Å²) in [6, 6.07) is 0. The van der Waals surface area contributed by atoms with Crippen LogP contribution in [0, 0.1) is 0 Å². The van der Waals surface area contributed by atoms with Crippen LogP contribution in [0.25, 0.3) is 0 Å². The smallest absolute Gasteiger partial charge is 0.150 e. The van der Waals surface area contributed by atoms with Crippen molar-refractivity contribution in [3.63, 3.8) is 0 Å². The van der Waals surface area contributed by atoms with Gasteiger partial charge >= 0.3 is 0 Å². The van der Waals surface area contributed by atoms with Gasteiger partial charge in [-0.05, 0) is 19.3 Å². The second kappa shape index (κ2) is 6.98. The van der Waals surface area contributed by atoms with E-state index in [1.54, 1.807) is 0 Å². The highest BCUT2D eigenvalue weighted by Gasteiger charge is 2.08. The molecule has 0 aromatic rings. The van der Waals surface area contributed by atoms with E-state index in [0.29, 0.717) is 32.1 Å². The molecule has 0 radical (unpaired) electrons. The van der Waals surface area contributed by atoms with Gasteiger partial charge in [-0.2, -0.15) is 0 Å². The quantitative estimate of drug-likeness (QED) is 0.588. The van der Waals surface area contributed by atoms with Gasteiger partial charge in [-0.15, -0.1) is 0 Å². The summed E-state index contributed by atoms with van der Waals surface area (Å²) in [4.78, 5) is 10.9. The Kier molecular flexibility index (Phi) is 6.79. The zero-order chi connectivity index (χ0) is 11.0. The van der Waals surface area contributed by atoms with Crippen LogP contribution in [0.15, 0.2) is 0 Å². The fourth-order valence-electron chi connectivity index (χ4n) is 1.23. The minimum absolute atomic E-state index is 0.220.